The van der Waals surface area contributed by atoms with E-state index in [9.17, 15) is 9.59 Å². The summed E-state index contributed by atoms with van der Waals surface area (Å²) in [5.41, 5.74) is 4.92. The number of anilines is 2. The average molecular weight is 601 g/mol. The second-order valence-electron chi connectivity index (χ2n) is 12.8. The largest absolute Gasteiger partial charge is 0.382 e. The number of benzene rings is 2. The number of carbonyl (C=O) groups is 2. The highest BCUT2D eigenvalue weighted by molar-refractivity contribution is 5.98. The number of rotatable bonds is 7. The number of allylic oxidation sites excluding steroid dienone is 2. The van der Waals surface area contributed by atoms with Crippen LogP contribution in [0, 0.1) is 31.5 Å². The molecule has 3 fully saturated rings. The first kappa shape index (κ1) is 30.4. The summed E-state index contributed by atoms with van der Waals surface area (Å²) in [5.74, 6) is -1.43. The monoisotopic (exact) mass is 600 g/mol. The molecule has 0 radical (unpaired) electrons. The van der Waals surface area contributed by atoms with E-state index in [1.165, 1.54) is 24.5 Å². The van der Waals surface area contributed by atoms with Crippen LogP contribution in [-0.4, -0.2) is 61.6 Å². The minimum atomic E-state index is -0.517. The van der Waals surface area contributed by atoms with Crippen LogP contribution in [-0.2, 0) is 9.53 Å². The van der Waals surface area contributed by atoms with Crippen molar-refractivity contribution in [1.82, 2.24) is 10.2 Å². The van der Waals surface area contributed by atoms with Gasteiger partial charge in [0.2, 0.25) is 5.91 Å². The summed E-state index contributed by atoms with van der Waals surface area (Å²) in [6.07, 6.45) is 12.8. The van der Waals surface area contributed by atoms with Crippen LogP contribution in [0.2, 0.25) is 0 Å². The number of aryl methyl sites for hydroxylation is 2. The van der Waals surface area contributed by atoms with E-state index in [-0.39, 0.29) is 23.3 Å². The first-order valence-electron chi connectivity index (χ1n) is 16.3. The lowest BCUT2D eigenvalue weighted by Gasteiger charge is -2.44. The molecule has 3 atom stereocenters. The van der Waals surface area contributed by atoms with Gasteiger partial charge in [0.25, 0.3) is 5.91 Å². The van der Waals surface area contributed by atoms with Crippen molar-refractivity contribution in [3.05, 3.63) is 82.8 Å². The molecule has 2 unspecified atom stereocenters. The zero-order valence-corrected chi connectivity index (χ0v) is 26.0. The normalized spacial score (nSPS) is 24.2. The van der Waals surface area contributed by atoms with Gasteiger partial charge < -0.3 is 25.2 Å². The highest BCUT2D eigenvalue weighted by atomic mass is 19.1. The molecule has 6 rings (SSSR count). The molecule has 3 aliphatic heterocycles. The molecule has 0 bridgehead atoms. The first-order valence-corrected chi connectivity index (χ1v) is 16.3. The molecular weight excluding hydrogens is 555 g/mol. The van der Waals surface area contributed by atoms with Crippen LogP contribution in [0.1, 0.15) is 66.4 Å². The molecule has 44 heavy (non-hydrogen) atoms. The van der Waals surface area contributed by atoms with Gasteiger partial charge in [-0.15, -0.1) is 0 Å². The summed E-state index contributed by atoms with van der Waals surface area (Å²) >= 11 is 0. The lowest BCUT2D eigenvalue weighted by molar-refractivity contribution is -0.123. The van der Waals surface area contributed by atoms with Crippen molar-refractivity contribution in [2.45, 2.75) is 70.9 Å². The molecule has 2 amide bonds. The van der Waals surface area contributed by atoms with Crippen LogP contribution < -0.4 is 15.5 Å². The van der Waals surface area contributed by atoms with Crippen molar-refractivity contribution in [2.75, 3.05) is 43.1 Å². The van der Waals surface area contributed by atoms with Gasteiger partial charge in [0.1, 0.15) is 5.82 Å². The lowest BCUT2D eigenvalue weighted by Crippen LogP contribution is -2.55. The fraction of sp³-hybridized carbons (Fsp3) is 0.500. The van der Waals surface area contributed by atoms with E-state index in [1.807, 2.05) is 6.07 Å². The molecule has 0 saturated carbocycles. The van der Waals surface area contributed by atoms with E-state index < -0.39 is 17.8 Å². The highest BCUT2D eigenvalue weighted by Gasteiger charge is 2.43. The van der Waals surface area contributed by atoms with E-state index in [1.54, 1.807) is 24.0 Å². The SMILES string of the molecule is Cc1ccc(NC(=O)C2CCCN(C(=O)c3c(C)cccc3F)C2[C@@H]2C=CC(NC3CCOCC3)=CC2)cc1N1CCCC1. The number of nitrogens with one attached hydrogen (secondary N) is 2. The third-order valence-electron chi connectivity index (χ3n) is 9.81. The molecular formula is C36H45FN4O3. The molecule has 234 valence electrons. The Kier molecular flexibility index (Phi) is 9.36. The Bertz CT molecular complexity index is 1410. The Morgan fingerprint density at radius 2 is 1.75 bits per heavy atom. The number of halogens is 1. The Morgan fingerprint density at radius 1 is 0.955 bits per heavy atom. The molecule has 2 aromatic carbocycles. The van der Waals surface area contributed by atoms with Crippen molar-refractivity contribution >= 4 is 23.2 Å². The van der Waals surface area contributed by atoms with Crippen LogP contribution in [0.25, 0.3) is 0 Å². The minimum Gasteiger partial charge on any atom is -0.382 e. The van der Waals surface area contributed by atoms with E-state index in [0.717, 1.165) is 56.2 Å². The van der Waals surface area contributed by atoms with E-state index in [4.69, 9.17) is 4.74 Å². The number of piperidine rings is 1. The van der Waals surface area contributed by atoms with Crippen molar-refractivity contribution in [3.63, 3.8) is 0 Å². The van der Waals surface area contributed by atoms with Gasteiger partial charge in [-0.05, 0) is 94.2 Å². The third-order valence-corrected chi connectivity index (χ3v) is 9.81. The quantitative estimate of drug-likeness (QED) is 0.400. The fourth-order valence-corrected chi connectivity index (χ4v) is 7.41. The number of hydrogen-bond acceptors (Lipinski definition) is 5. The average Bonchev–Trinajstić information content (AvgIpc) is 3.57. The number of carbonyl (C=O) groups excluding carboxylic acids is 2. The standard InChI is InChI=1S/C36H45FN4O3/c1-24-10-13-29(23-32(24)40-18-3-4-19-40)39-35(42)30-8-6-20-41(36(43)33-25(2)7-5-9-31(33)37)34(30)26-11-14-27(15-12-26)38-28-16-21-44-22-17-28/h5,7,9-11,13-15,23,26,28,30,34,38H,3-4,6,8,12,16-22H2,1-2H3,(H,39,42)/t26-,30?,34?/m1/s1. The topological polar surface area (TPSA) is 73.9 Å². The zero-order valence-electron chi connectivity index (χ0n) is 26.0. The van der Waals surface area contributed by atoms with Gasteiger partial charge in [0.05, 0.1) is 17.5 Å². The Balaban J connectivity index is 1.26. The number of likely N-dealkylation sites (tertiary alicyclic amines) is 1. The van der Waals surface area contributed by atoms with Gasteiger partial charge in [-0.1, -0.05) is 30.4 Å². The maximum Gasteiger partial charge on any atom is 0.257 e. The smallest absolute Gasteiger partial charge is 0.257 e. The summed E-state index contributed by atoms with van der Waals surface area (Å²) in [4.78, 5) is 32.3. The van der Waals surface area contributed by atoms with E-state index >= 15 is 4.39 Å². The maximum atomic E-state index is 15.1. The van der Waals surface area contributed by atoms with Crippen molar-refractivity contribution in [2.24, 2.45) is 11.8 Å². The number of amides is 2. The summed E-state index contributed by atoms with van der Waals surface area (Å²) in [5, 5.41) is 6.85. The van der Waals surface area contributed by atoms with Gasteiger partial charge in [0.15, 0.2) is 0 Å². The number of ether oxygens (including phenoxy) is 1. The molecule has 2 N–H and O–H groups in total. The maximum absolute atomic E-state index is 15.1. The van der Waals surface area contributed by atoms with Crippen LogP contribution >= 0.6 is 0 Å². The first-order chi connectivity index (χ1) is 21.4. The van der Waals surface area contributed by atoms with Gasteiger partial charge >= 0.3 is 0 Å². The lowest BCUT2D eigenvalue weighted by atomic mass is 9.77. The summed E-state index contributed by atoms with van der Waals surface area (Å²) in [6.45, 7) is 7.97. The molecule has 1 aliphatic carbocycles. The molecule has 0 aromatic heterocycles. The second kappa shape index (κ2) is 13.6. The van der Waals surface area contributed by atoms with Crippen molar-refractivity contribution in [1.29, 1.82) is 0 Å². The van der Waals surface area contributed by atoms with Gasteiger partial charge in [-0.25, -0.2) is 4.39 Å². The van der Waals surface area contributed by atoms with Crippen LogP contribution in [0.15, 0.2) is 60.3 Å². The molecule has 3 heterocycles. The summed E-state index contributed by atoms with van der Waals surface area (Å²) < 4.78 is 20.6. The number of nitrogens with zero attached hydrogens (tertiary/aromatic N) is 2. The van der Waals surface area contributed by atoms with Crippen LogP contribution in [0.5, 0.6) is 0 Å². The molecule has 2 aromatic rings. The number of hydrogen-bond donors (Lipinski definition) is 2. The molecule has 8 heteroatoms. The van der Waals surface area contributed by atoms with Gasteiger partial charge in [-0.2, -0.15) is 0 Å². The van der Waals surface area contributed by atoms with Crippen LogP contribution in [0.3, 0.4) is 0 Å². The Hall–Kier alpha value is -3.65. The Morgan fingerprint density at radius 3 is 2.48 bits per heavy atom. The van der Waals surface area contributed by atoms with E-state index in [0.29, 0.717) is 37.4 Å². The summed E-state index contributed by atoms with van der Waals surface area (Å²) in [7, 11) is 0. The Labute approximate surface area is 260 Å². The minimum absolute atomic E-state index is 0.0690. The predicted octanol–water partition coefficient (Wildman–Crippen LogP) is 6.13. The molecule has 4 aliphatic rings. The predicted molar refractivity (Wildman–Crippen MR) is 172 cm³/mol. The second-order valence-corrected chi connectivity index (χ2v) is 12.8. The van der Waals surface area contributed by atoms with Crippen molar-refractivity contribution in [3.8, 4) is 0 Å². The van der Waals surface area contributed by atoms with E-state index in [2.05, 4.69) is 52.8 Å². The highest BCUT2D eigenvalue weighted by Crippen LogP contribution is 2.36. The van der Waals surface area contributed by atoms with Crippen LogP contribution in [0.4, 0.5) is 15.8 Å². The van der Waals surface area contributed by atoms with Gasteiger partial charge in [0, 0.05) is 61.9 Å². The third kappa shape index (κ3) is 6.55. The molecule has 7 nitrogen and oxygen atoms in total. The van der Waals surface area contributed by atoms with Crippen molar-refractivity contribution < 1.29 is 18.7 Å². The zero-order chi connectivity index (χ0) is 30.6. The van der Waals surface area contributed by atoms with Gasteiger partial charge in [-0.3, -0.25) is 9.59 Å². The molecule has 0 spiro atoms. The molecule has 3 saturated heterocycles. The fourth-order valence-electron chi connectivity index (χ4n) is 7.41. The summed E-state index contributed by atoms with van der Waals surface area (Å²) in [6, 6.07) is 10.9.